The highest BCUT2D eigenvalue weighted by molar-refractivity contribution is 5.70. The van der Waals surface area contributed by atoms with Crippen LogP contribution in [0.3, 0.4) is 0 Å². The highest BCUT2D eigenvalue weighted by Gasteiger charge is 2.02. The van der Waals surface area contributed by atoms with E-state index in [0.717, 1.165) is 35.5 Å². The zero-order valence-corrected chi connectivity index (χ0v) is 8.46. The predicted molar refractivity (Wildman–Crippen MR) is 56.3 cm³/mol. The summed E-state index contributed by atoms with van der Waals surface area (Å²) < 4.78 is 0. The molecular weight excluding hydrogens is 176 g/mol. The molecule has 0 saturated carbocycles. The molecule has 4 nitrogen and oxygen atoms in total. The number of hydrogen-bond acceptors (Lipinski definition) is 3. The van der Waals surface area contributed by atoms with E-state index in [1.165, 1.54) is 0 Å². The van der Waals surface area contributed by atoms with Crippen molar-refractivity contribution in [1.82, 2.24) is 20.3 Å². The molecule has 0 bridgehead atoms. The Morgan fingerprint density at radius 2 is 2.36 bits per heavy atom. The minimum absolute atomic E-state index is 0.807. The van der Waals surface area contributed by atoms with Crippen LogP contribution >= 0.6 is 0 Å². The zero-order chi connectivity index (χ0) is 9.97. The number of aromatic nitrogens is 3. The molecule has 14 heavy (non-hydrogen) atoms. The van der Waals surface area contributed by atoms with Crippen LogP contribution < -0.4 is 5.32 Å². The quantitative estimate of drug-likeness (QED) is 0.760. The first-order valence-corrected chi connectivity index (χ1v) is 4.75. The summed E-state index contributed by atoms with van der Waals surface area (Å²) in [7, 11) is 1.94. The number of nitrogens with zero attached hydrogens (tertiary/aromatic N) is 2. The highest BCUT2D eigenvalue weighted by Crippen LogP contribution is 2.10. The summed E-state index contributed by atoms with van der Waals surface area (Å²) in [5.41, 5.74) is 2.99. The van der Waals surface area contributed by atoms with Gasteiger partial charge >= 0.3 is 0 Å². The molecule has 0 aliphatic heterocycles. The van der Waals surface area contributed by atoms with E-state index in [4.69, 9.17) is 0 Å². The fraction of sp³-hybridized carbons (Fsp3) is 0.400. The van der Waals surface area contributed by atoms with Gasteiger partial charge in [0.2, 0.25) is 0 Å². The number of fused-ring (bicyclic) bond motifs is 1. The first-order valence-electron chi connectivity index (χ1n) is 4.75. The molecule has 0 fully saturated rings. The van der Waals surface area contributed by atoms with Crippen LogP contribution in [-0.2, 0) is 6.42 Å². The molecule has 0 aliphatic carbocycles. The predicted octanol–water partition coefficient (Wildman–Crippen LogP) is 1.03. The largest absolute Gasteiger partial charge is 0.341 e. The van der Waals surface area contributed by atoms with Crippen molar-refractivity contribution in [3.8, 4) is 0 Å². The normalized spacial score (nSPS) is 11.0. The van der Waals surface area contributed by atoms with E-state index in [1.54, 1.807) is 0 Å². The highest BCUT2D eigenvalue weighted by atomic mass is 15.0. The number of nitrogens with one attached hydrogen (secondary N) is 2. The molecule has 74 valence electrons. The van der Waals surface area contributed by atoms with Crippen LogP contribution in [0.4, 0.5) is 0 Å². The zero-order valence-electron chi connectivity index (χ0n) is 8.46. The lowest BCUT2D eigenvalue weighted by molar-refractivity contribution is 0.766. The number of likely N-dealkylation sites (N-methyl/N-ethyl adjacent to an activating group) is 1. The van der Waals surface area contributed by atoms with Crippen molar-refractivity contribution >= 4 is 11.2 Å². The number of H-pyrrole nitrogens is 1. The molecule has 0 radical (unpaired) electrons. The second-order valence-corrected chi connectivity index (χ2v) is 3.42. The smallest absolute Gasteiger partial charge is 0.177 e. The number of aryl methyl sites for hydroxylation is 1. The van der Waals surface area contributed by atoms with Gasteiger partial charge in [-0.3, -0.25) is 0 Å². The molecular formula is C10H14N4. The molecule has 0 atom stereocenters. The van der Waals surface area contributed by atoms with E-state index in [9.17, 15) is 0 Å². The Bertz CT molecular complexity index is 433. The van der Waals surface area contributed by atoms with Gasteiger partial charge in [-0.25, -0.2) is 9.97 Å². The summed E-state index contributed by atoms with van der Waals surface area (Å²) in [6, 6.07) is 2.07. The summed E-state index contributed by atoms with van der Waals surface area (Å²) in [6.45, 7) is 2.96. The molecule has 0 aliphatic rings. The van der Waals surface area contributed by atoms with E-state index in [2.05, 4.69) is 26.3 Å². The second-order valence-electron chi connectivity index (χ2n) is 3.42. The fourth-order valence-corrected chi connectivity index (χ4v) is 1.42. The average molecular weight is 190 g/mol. The number of aromatic amines is 1. The first kappa shape index (κ1) is 9.15. The third kappa shape index (κ3) is 1.75. The van der Waals surface area contributed by atoms with Gasteiger partial charge in [-0.2, -0.15) is 0 Å². The standard InChI is InChI=1S/C10H14N4/c1-7-5-8-10(12-6-7)14-9(13-8)3-4-11-2/h5-6,11H,3-4H2,1-2H3,(H,12,13,14). The minimum atomic E-state index is 0.807. The molecule has 2 heterocycles. The van der Waals surface area contributed by atoms with Gasteiger partial charge in [0, 0.05) is 19.2 Å². The van der Waals surface area contributed by atoms with E-state index in [0.29, 0.717) is 0 Å². The van der Waals surface area contributed by atoms with E-state index < -0.39 is 0 Å². The molecule has 2 N–H and O–H groups in total. The summed E-state index contributed by atoms with van der Waals surface area (Å²) in [4.78, 5) is 11.9. The Morgan fingerprint density at radius 3 is 3.14 bits per heavy atom. The summed E-state index contributed by atoms with van der Waals surface area (Å²) in [6.07, 6.45) is 2.75. The van der Waals surface area contributed by atoms with Crippen LogP contribution in [0.2, 0.25) is 0 Å². The maximum atomic E-state index is 4.38. The van der Waals surface area contributed by atoms with Crippen molar-refractivity contribution in [1.29, 1.82) is 0 Å². The lowest BCUT2D eigenvalue weighted by Gasteiger charge is -1.93. The van der Waals surface area contributed by atoms with Gasteiger partial charge in [-0.05, 0) is 25.6 Å². The molecule has 2 aromatic heterocycles. The monoisotopic (exact) mass is 190 g/mol. The van der Waals surface area contributed by atoms with Crippen molar-refractivity contribution < 1.29 is 0 Å². The summed E-state index contributed by atoms with van der Waals surface area (Å²) in [5.74, 6) is 0.993. The Morgan fingerprint density at radius 1 is 1.50 bits per heavy atom. The second kappa shape index (κ2) is 3.75. The molecule has 0 saturated heterocycles. The van der Waals surface area contributed by atoms with Gasteiger partial charge in [-0.1, -0.05) is 0 Å². The van der Waals surface area contributed by atoms with Crippen LogP contribution in [0.5, 0.6) is 0 Å². The topological polar surface area (TPSA) is 53.6 Å². The Hall–Kier alpha value is -1.42. The van der Waals surface area contributed by atoms with E-state index in [1.807, 2.05) is 20.2 Å². The van der Waals surface area contributed by atoms with Gasteiger partial charge in [-0.15, -0.1) is 0 Å². The van der Waals surface area contributed by atoms with E-state index >= 15 is 0 Å². The Labute approximate surface area is 82.8 Å². The molecule has 0 amide bonds. The van der Waals surface area contributed by atoms with Crippen LogP contribution in [0, 0.1) is 6.92 Å². The summed E-state index contributed by atoms with van der Waals surface area (Å²) in [5, 5.41) is 3.09. The molecule has 0 unspecified atom stereocenters. The van der Waals surface area contributed by atoms with Gasteiger partial charge in [0.15, 0.2) is 5.65 Å². The summed E-state index contributed by atoms with van der Waals surface area (Å²) >= 11 is 0. The molecule has 2 rings (SSSR count). The van der Waals surface area contributed by atoms with Gasteiger partial charge < -0.3 is 10.3 Å². The maximum Gasteiger partial charge on any atom is 0.177 e. The van der Waals surface area contributed by atoms with Crippen LogP contribution in [0.25, 0.3) is 11.2 Å². The van der Waals surface area contributed by atoms with Gasteiger partial charge in [0.25, 0.3) is 0 Å². The van der Waals surface area contributed by atoms with Crippen molar-refractivity contribution in [2.45, 2.75) is 13.3 Å². The third-order valence-electron chi connectivity index (χ3n) is 2.14. The number of rotatable bonds is 3. The minimum Gasteiger partial charge on any atom is -0.341 e. The maximum absolute atomic E-state index is 4.38. The molecule has 0 spiro atoms. The first-order chi connectivity index (χ1) is 6.79. The van der Waals surface area contributed by atoms with Crippen molar-refractivity contribution in [3.63, 3.8) is 0 Å². The van der Waals surface area contributed by atoms with Crippen molar-refractivity contribution in [2.75, 3.05) is 13.6 Å². The van der Waals surface area contributed by atoms with Crippen LogP contribution in [0.1, 0.15) is 11.4 Å². The lowest BCUT2D eigenvalue weighted by Crippen LogP contribution is -2.10. The van der Waals surface area contributed by atoms with E-state index in [-0.39, 0.29) is 0 Å². The number of hydrogen-bond donors (Lipinski definition) is 2. The molecule has 2 aromatic rings. The average Bonchev–Trinajstić information content (AvgIpc) is 2.56. The third-order valence-corrected chi connectivity index (χ3v) is 2.14. The van der Waals surface area contributed by atoms with Gasteiger partial charge in [0.05, 0.1) is 5.52 Å². The number of imidazole rings is 1. The fourth-order valence-electron chi connectivity index (χ4n) is 1.42. The Kier molecular flexibility index (Phi) is 2.45. The van der Waals surface area contributed by atoms with Gasteiger partial charge in [0.1, 0.15) is 5.82 Å². The SMILES string of the molecule is CNCCc1nc2ncc(C)cc2[nH]1. The van der Waals surface area contributed by atoms with Crippen molar-refractivity contribution in [3.05, 3.63) is 23.7 Å². The Balaban J connectivity index is 2.32. The number of pyridine rings is 1. The lowest BCUT2D eigenvalue weighted by atomic mass is 10.3. The van der Waals surface area contributed by atoms with Crippen LogP contribution in [-0.4, -0.2) is 28.5 Å². The van der Waals surface area contributed by atoms with Crippen LogP contribution in [0.15, 0.2) is 12.3 Å². The molecule has 0 aromatic carbocycles. The molecule has 4 heteroatoms. The van der Waals surface area contributed by atoms with Crippen molar-refractivity contribution in [2.24, 2.45) is 0 Å².